The first-order valence-corrected chi connectivity index (χ1v) is 9.18. The van der Waals surface area contributed by atoms with E-state index in [0.29, 0.717) is 10.6 Å². The van der Waals surface area contributed by atoms with Crippen LogP contribution in [0.25, 0.3) is 10.2 Å². The molecule has 122 valence electrons. The number of thiophene rings is 1. The van der Waals surface area contributed by atoms with Crippen molar-refractivity contribution in [2.24, 2.45) is 17.6 Å². The third-order valence-electron chi connectivity index (χ3n) is 5.46. The molecule has 0 spiro atoms. The monoisotopic (exact) mass is 330 g/mol. The number of carbonyl (C=O) groups is 1. The van der Waals surface area contributed by atoms with Gasteiger partial charge in [-0.1, -0.05) is 19.3 Å². The molecule has 3 heterocycles. The van der Waals surface area contributed by atoms with E-state index in [4.69, 9.17) is 11.5 Å². The predicted octanol–water partition coefficient (Wildman–Crippen LogP) is 2.99. The van der Waals surface area contributed by atoms with Crippen molar-refractivity contribution >= 4 is 38.8 Å². The summed E-state index contributed by atoms with van der Waals surface area (Å²) in [4.78, 5) is 19.6. The van der Waals surface area contributed by atoms with Crippen LogP contribution < -0.4 is 16.4 Å². The molecule has 2 atom stereocenters. The van der Waals surface area contributed by atoms with Gasteiger partial charge in [0.1, 0.15) is 9.71 Å². The summed E-state index contributed by atoms with van der Waals surface area (Å²) in [6, 6.07) is 2.03. The summed E-state index contributed by atoms with van der Waals surface area (Å²) in [6.07, 6.45) is 8.53. The van der Waals surface area contributed by atoms with Crippen molar-refractivity contribution < 1.29 is 4.79 Å². The van der Waals surface area contributed by atoms with E-state index in [0.717, 1.165) is 40.8 Å². The predicted molar refractivity (Wildman–Crippen MR) is 94.8 cm³/mol. The Morgan fingerprint density at radius 2 is 2.04 bits per heavy atom. The fraction of sp³-hybridized carbons (Fsp3) is 0.529. The molecule has 2 aromatic rings. The Hall–Kier alpha value is -1.82. The number of aromatic nitrogens is 1. The quantitative estimate of drug-likeness (QED) is 0.886. The van der Waals surface area contributed by atoms with Crippen molar-refractivity contribution in [3.63, 3.8) is 0 Å². The van der Waals surface area contributed by atoms with Crippen molar-refractivity contribution in [2.45, 2.75) is 32.1 Å². The van der Waals surface area contributed by atoms with E-state index in [1.54, 1.807) is 0 Å². The van der Waals surface area contributed by atoms with Gasteiger partial charge in [-0.25, -0.2) is 4.98 Å². The second-order valence-electron chi connectivity index (χ2n) is 6.76. The number of hydrogen-bond donors (Lipinski definition) is 2. The molecule has 4 N–H and O–H groups in total. The average Bonchev–Trinajstić information content (AvgIpc) is 2.92. The largest absolute Gasteiger partial charge is 0.397 e. The lowest BCUT2D eigenvalue weighted by molar-refractivity contribution is 0.100. The van der Waals surface area contributed by atoms with E-state index >= 15 is 0 Å². The molecule has 2 aliphatic rings. The van der Waals surface area contributed by atoms with Gasteiger partial charge in [0.25, 0.3) is 5.91 Å². The lowest BCUT2D eigenvalue weighted by Crippen LogP contribution is -2.41. The van der Waals surface area contributed by atoms with Crippen LogP contribution in [0.2, 0.25) is 0 Å². The van der Waals surface area contributed by atoms with Crippen LogP contribution in [-0.2, 0) is 0 Å². The molecule has 0 bridgehead atoms. The van der Waals surface area contributed by atoms with Crippen LogP contribution in [0.15, 0.2) is 12.3 Å². The molecule has 5 nitrogen and oxygen atoms in total. The third-order valence-corrected chi connectivity index (χ3v) is 6.59. The Bertz CT molecular complexity index is 756. The smallest absolute Gasteiger partial charge is 0.260 e. The lowest BCUT2D eigenvalue weighted by atomic mass is 9.75. The third kappa shape index (κ3) is 2.45. The summed E-state index contributed by atoms with van der Waals surface area (Å²) in [5, 5.41) is 0.903. The standard InChI is InChI=1S/C17H22N4OS/c18-14-13-12(5-7-20-17(13)23-15(14)16(19)22)21-8-6-10-3-1-2-4-11(10)9-21/h5,7,10-11H,1-4,6,8-9,18H2,(H2,19,22)/t10-,11+/m1/s1. The Morgan fingerprint density at radius 1 is 1.26 bits per heavy atom. The number of rotatable bonds is 2. The summed E-state index contributed by atoms with van der Waals surface area (Å²) in [5.74, 6) is 1.21. The zero-order chi connectivity index (χ0) is 16.0. The minimum absolute atomic E-state index is 0.424. The number of nitrogens with two attached hydrogens (primary N) is 2. The number of nitrogens with zero attached hydrogens (tertiary/aromatic N) is 2. The van der Waals surface area contributed by atoms with Gasteiger partial charge in [0.05, 0.1) is 16.8 Å². The first-order valence-electron chi connectivity index (χ1n) is 8.37. The van der Waals surface area contributed by atoms with Crippen LogP contribution in [0, 0.1) is 11.8 Å². The minimum Gasteiger partial charge on any atom is -0.397 e. The molecule has 1 aliphatic carbocycles. The lowest BCUT2D eigenvalue weighted by Gasteiger charge is -2.42. The Balaban J connectivity index is 1.72. The van der Waals surface area contributed by atoms with E-state index in [-0.39, 0.29) is 0 Å². The van der Waals surface area contributed by atoms with E-state index in [1.807, 2.05) is 12.3 Å². The number of hydrogen-bond acceptors (Lipinski definition) is 5. The van der Waals surface area contributed by atoms with Gasteiger partial charge >= 0.3 is 0 Å². The maximum atomic E-state index is 11.6. The normalized spacial score (nSPS) is 24.6. The number of primary amides is 1. The molecule has 1 saturated carbocycles. The second kappa shape index (κ2) is 5.67. The number of pyridine rings is 1. The molecule has 1 aliphatic heterocycles. The van der Waals surface area contributed by atoms with Gasteiger partial charge in [-0.15, -0.1) is 11.3 Å². The van der Waals surface area contributed by atoms with Gasteiger partial charge in [-0.2, -0.15) is 0 Å². The van der Waals surface area contributed by atoms with Crippen LogP contribution in [0.1, 0.15) is 41.8 Å². The number of fused-ring (bicyclic) bond motifs is 2. The molecular weight excluding hydrogens is 308 g/mol. The molecule has 2 aromatic heterocycles. The second-order valence-corrected chi connectivity index (χ2v) is 7.76. The van der Waals surface area contributed by atoms with Crippen molar-refractivity contribution in [1.82, 2.24) is 4.98 Å². The van der Waals surface area contributed by atoms with E-state index in [9.17, 15) is 4.79 Å². The molecule has 2 fully saturated rings. The topological polar surface area (TPSA) is 85.2 Å². The zero-order valence-corrected chi connectivity index (χ0v) is 13.9. The first kappa shape index (κ1) is 14.8. The summed E-state index contributed by atoms with van der Waals surface area (Å²) in [6.45, 7) is 2.15. The van der Waals surface area contributed by atoms with Crippen LogP contribution in [0.4, 0.5) is 11.4 Å². The highest BCUT2D eigenvalue weighted by Gasteiger charge is 2.32. The summed E-state index contributed by atoms with van der Waals surface area (Å²) >= 11 is 1.30. The molecule has 4 rings (SSSR count). The van der Waals surface area contributed by atoms with Crippen LogP contribution >= 0.6 is 11.3 Å². The van der Waals surface area contributed by atoms with Crippen molar-refractivity contribution in [2.75, 3.05) is 23.7 Å². The molecule has 0 aromatic carbocycles. The fourth-order valence-electron chi connectivity index (χ4n) is 4.29. The number of nitrogen functional groups attached to an aromatic ring is 1. The number of carbonyl (C=O) groups excluding carboxylic acids is 1. The van der Waals surface area contributed by atoms with E-state index < -0.39 is 5.91 Å². The first-order chi connectivity index (χ1) is 11.1. The highest BCUT2D eigenvalue weighted by atomic mass is 32.1. The van der Waals surface area contributed by atoms with Crippen LogP contribution in [0.3, 0.4) is 0 Å². The van der Waals surface area contributed by atoms with Gasteiger partial charge < -0.3 is 16.4 Å². The Labute approximate surface area is 139 Å². The van der Waals surface area contributed by atoms with Gasteiger partial charge in [0.2, 0.25) is 0 Å². The SMILES string of the molecule is NC(=O)c1sc2nccc(N3CC[C@H]4CCCC[C@H]4C3)c2c1N. The molecule has 6 heteroatoms. The fourth-order valence-corrected chi connectivity index (χ4v) is 5.23. The maximum absolute atomic E-state index is 11.6. The Morgan fingerprint density at radius 3 is 2.83 bits per heavy atom. The van der Waals surface area contributed by atoms with Gasteiger partial charge in [-0.05, 0) is 30.7 Å². The molecule has 0 unspecified atom stereocenters. The van der Waals surface area contributed by atoms with Gasteiger partial charge in [0.15, 0.2) is 0 Å². The number of anilines is 2. The van der Waals surface area contributed by atoms with E-state index in [1.165, 1.54) is 43.4 Å². The van der Waals surface area contributed by atoms with Crippen LogP contribution in [0.5, 0.6) is 0 Å². The zero-order valence-electron chi connectivity index (χ0n) is 13.1. The van der Waals surface area contributed by atoms with Gasteiger partial charge in [-0.3, -0.25) is 4.79 Å². The molecule has 1 amide bonds. The highest BCUT2D eigenvalue weighted by molar-refractivity contribution is 7.21. The number of amides is 1. The maximum Gasteiger partial charge on any atom is 0.260 e. The summed E-state index contributed by atoms with van der Waals surface area (Å²) in [5.41, 5.74) is 13.3. The highest BCUT2D eigenvalue weighted by Crippen LogP contribution is 2.42. The minimum atomic E-state index is -0.470. The van der Waals surface area contributed by atoms with Crippen LogP contribution in [-0.4, -0.2) is 24.0 Å². The Kier molecular flexibility index (Phi) is 3.64. The van der Waals surface area contributed by atoms with Crippen molar-refractivity contribution in [1.29, 1.82) is 0 Å². The number of piperidine rings is 1. The van der Waals surface area contributed by atoms with Crippen molar-refractivity contribution in [3.05, 3.63) is 17.1 Å². The average molecular weight is 330 g/mol. The molecular formula is C17H22N4OS. The molecule has 1 saturated heterocycles. The summed E-state index contributed by atoms with van der Waals surface area (Å²) < 4.78 is 0. The van der Waals surface area contributed by atoms with Crippen molar-refractivity contribution in [3.8, 4) is 0 Å². The molecule has 23 heavy (non-hydrogen) atoms. The van der Waals surface area contributed by atoms with Gasteiger partial charge in [0, 0.05) is 19.3 Å². The summed E-state index contributed by atoms with van der Waals surface area (Å²) in [7, 11) is 0. The van der Waals surface area contributed by atoms with E-state index in [2.05, 4.69) is 9.88 Å². The molecule has 0 radical (unpaired) electrons.